The molecule has 0 unspecified atom stereocenters. The zero-order valence-electron chi connectivity index (χ0n) is 6.52. The van der Waals surface area contributed by atoms with Gasteiger partial charge in [0.15, 0.2) is 5.15 Å². The maximum absolute atomic E-state index is 11.0. The van der Waals surface area contributed by atoms with Crippen molar-refractivity contribution in [3.8, 4) is 0 Å². The second-order valence-corrected chi connectivity index (χ2v) is 2.44. The Morgan fingerprint density at radius 1 is 1.85 bits per heavy atom. The van der Waals surface area contributed by atoms with Gasteiger partial charge in [-0.15, -0.1) is 0 Å². The van der Waals surface area contributed by atoms with E-state index in [1.807, 2.05) is 0 Å². The topological polar surface area (TPSA) is 90.1 Å². The van der Waals surface area contributed by atoms with Crippen molar-refractivity contribution >= 4 is 23.4 Å². The number of nitrogens with one attached hydrogen (secondary N) is 1. The average molecular weight is 205 g/mol. The zero-order valence-corrected chi connectivity index (χ0v) is 7.28. The third-order valence-corrected chi connectivity index (χ3v) is 1.52. The number of hydrogen-bond donors (Lipinski definition) is 1. The van der Waals surface area contributed by atoms with Crippen molar-refractivity contribution in [2.75, 3.05) is 7.05 Å². The highest BCUT2D eigenvalue weighted by Gasteiger charge is 2.20. The maximum Gasteiger partial charge on any atom is 0.392 e. The van der Waals surface area contributed by atoms with Crippen molar-refractivity contribution in [2.45, 2.75) is 0 Å². The van der Waals surface area contributed by atoms with E-state index in [9.17, 15) is 14.9 Å². The quantitative estimate of drug-likeness (QED) is 0.537. The van der Waals surface area contributed by atoms with Gasteiger partial charge in [0.1, 0.15) is 0 Å². The SMILES string of the molecule is CNC(=O)n1nc([N+](=O)[O-])cc1Cl. The maximum atomic E-state index is 11.0. The van der Waals surface area contributed by atoms with Gasteiger partial charge in [0.2, 0.25) is 0 Å². The van der Waals surface area contributed by atoms with Crippen LogP contribution in [0.3, 0.4) is 0 Å². The molecule has 1 rings (SSSR count). The fourth-order valence-electron chi connectivity index (χ4n) is 0.684. The van der Waals surface area contributed by atoms with Gasteiger partial charge >= 0.3 is 11.8 Å². The Morgan fingerprint density at radius 3 is 2.85 bits per heavy atom. The average Bonchev–Trinajstić information content (AvgIpc) is 2.46. The summed E-state index contributed by atoms with van der Waals surface area (Å²) in [6, 6.07) is 0.370. The molecular weight excluding hydrogens is 200 g/mol. The van der Waals surface area contributed by atoms with E-state index in [-0.39, 0.29) is 5.15 Å². The number of rotatable bonds is 1. The van der Waals surface area contributed by atoms with E-state index in [0.717, 1.165) is 6.07 Å². The number of halogens is 1. The van der Waals surface area contributed by atoms with Crippen LogP contribution in [0.25, 0.3) is 0 Å². The molecule has 70 valence electrons. The van der Waals surface area contributed by atoms with Crippen LogP contribution in [-0.2, 0) is 0 Å². The van der Waals surface area contributed by atoms with Gasteiger partial charge in [-0.2, -0.15) is 0 Å². The number of nitro groups is 1. The minimum Gasteiger partial charge on any atom is -0.358 e. The highest BCUT2D eigenvalue weighted by Crippen LogP contribution is 2.15. The number of amides is 1. The van der Waals surface area contributed by atoms with E-state index in [0.29, 0.717) is 4.68 Å². The molecule has 0 aliphatic heterocycles. The minimum atomic E-state index is -0.731. The lowest BCUT2D eigenvalue weighted by Gasteiger charge is -1.92. The minimum absolute atomic E-state index is 0.106. The molecule has 0 spiro atoms. The van der Waals surface area contributed by atoms with Crippen LogP contribution in [0.1, 0.15) is 0 Å². The molecule has 1 amide bonds. The van der Waals surface area contributed by atoms with Crippen LogP contribution in [0.2, 0.25) is 5.15 Å². The lowest BCUT2D eigenvalue weighted by Crippen LogP contribution is -2.25. The Kier molecular flexibility index (Phi) is 2.47. The standard InChI is InChI=1S/C5H5ClN4O3/c1-7-5(11)9-3(6)2-4(8-9)10(12)13/h2H,1H3,(H,7,11). The first-order valence-corrected chi connectivity index (χ1v) is 3.56. The van der Waals surface area contributed by atoms with Crippen LogP contribution in [0.4, 0.5) is 10.6 Å². The van der Waals surface area contributed by atoms with Crippen LogP contribution >= 0.6 is 11.6 Å². The second-order valence-electron chi connectivity index (χ2n) is 2.05. The second kappa shape index (κ2) is 3.40. The molecule has 0 bridgehead atoms. The monoisotopic (exact) mass is 204 g/mol. The number of nitrogens with zero attached hydrogens (tertiary/aromatic N) is 3. The van der Waals surface area contributed by atoms with Gasteiger partial charge in [-0.05, 0) is 4.92 Å². The number of carbonyl (C=O) groups excluding carboxylic acids is 1. The molecule has 13 heavy (non-hydrogen) atoms. The Labute approximate surface area is 77.4 Å². The Hall–Kier alpha value is -1.63. The predicted molar refractivity (Wildman–Crippen MR) is 43.7 cm³/mol. The summed E-state index contributed by atoms with van der Waals surface area (Å²) in [4.78, 5) is 20.4. The Bertz CT molecular complexity index is 361. The number of hydrogen-bond acceptors (Lipinski definition) is 4. The molecule has 0 aliphatic rings. The van der Waals surface area contributed by atoms with E-state index in [4.69, 9.17) is 11.6 Å². The summed E-state index contributed by atoms with van der Waals surface area (Å²) in [6.07, 6.45) is 0. The summed E-state index contributed by atoms with van der Waals surface area (Å²) in [5.41, 5.74) is 0. The zero-order chi connectivity index (χ0) is 10.0. The molecule has 0 radical (unpaired) electrons. The molecule has 0 saturated carbocycles. The van der Waals surface area contributed by atoms with Crippen molar-refractivity contribution in [1.82, 2.24) is 15.1 Å². The van der Waals surface area contributed by atoms with Crippen molar-refractivity contribution < 1.29 is 9.72 Å². The van der Waals surface area contributed by atoms with Crippen molar-refractivity contribution in [3.63, 3.8) is 0 Å². The molecule has 1 N–H and O–H groups in total. The summed E-state index contributed by atoms with van der Waals surface area (Å²) in [7, 11) is 1.37. The Balaban J connectivity index is 3.10. The van der Waals surface area contributed by atoms with Gasteiger partial charge in [0, 0.05) is 7.05 Å². The molecule has 8 heteroatoms. The van der Waals surface area contributed by atoms with E-state index in [1.54, 1.807) is 0 Å². The summed E-state index contributed by atoms with van der Waals surface area (Å²) < 4.78 is 0.708. The largest absolute Gasteiger partial charge is 0.392 e. The normalized spacial score (nSPS) is 9.69. The summed E-state index contributed by atoms with van der Waals surface area (Å²) in [6.45, 7) is 0. The summed E-state index contributed by atoms with van der Waals surface area (Å²) >= 11 is 5.50. The first-order chi connectivity index (χ1) is 6.06. The van der Waals surface area contributed by atoms with Crippen molar-refractivity contribution in [1.29, 1.82) is 0 Å². The van der Waals surface area contributed by atoms with Crippen LogP contribution in [0.15, 0.2) is 6.07 Å². The molecule has 0 atom stereocenters. The lowest BCUT2D eigenvalue weighted by atomic mass is 10.6. The molecule has 1 aromatic heterocycles. The van der Waals surface area contributed by atoms with E-state index < -0.39 is 16.8 Å². The molecule has 0 saturated heterocycles. The van der Waals surface area contributed by atoms with E-state index in [2.05, 4.69) is 10.4 Å². The smallest absolute Gasteiger partial charge is 0.358 e. The van der Waals surface area contributed by atoms with Gasteiger partial charge in [-0.3, -0.25) is 0 Å². The highest BCUT2D eigenvalue weighted by atomic mass is 35.5. The van der Waals surface area contributed by atoms with E-state index in [1.165, 1.54) is 7.05 Å². The van der Waals surface area contributed by atoms with Crippen molar-refractivity contribution in [2.24, 2.45) is 0 Å². The van der Waals surface area contributed by atoms with Gasteiger partial charge in [-0.25, -0.2) is 4.79 Å². The molecule has 1 aromatic rings. The van der Waals surface area contributed by atoms with Gasteiger partial charge in [-0.1, -0.05) is 16.3 Å². The third kappa shape index (κ3) is 1.75. The molecular formula is C5H5ClN4O3. The van der Waals surface area contributed by atoms with Gasteiger partial charge in [0.25, 0.3) is 0 Å². The summed E-state index contributed by atoms with van der Waals surface area (Å²) in [5.74, 6) is -0.464. The fraction of sp³-hybridized carbons (Fsp3) is 0.200. The van der Waals surface area contributed by atoms with Crippen molar-refractivity contribution in [3.05, 3.63) is 21.3 Å². The first-order valence-electron chi connectivity index (χ1n) is 3.18. The molecule has 0 aliphatic carbocycles. The first kappa shape index (κ1) is 9.46. The van der Waals surface area contributed by atoms with Gasteiger partial charge < -0.3 is 15.4 Å². The number of carbonyl (C=O) groups is 1. The molecule has 0 fully saturated rings. The highest BCUT2D eigenvalue weighted by molar-refractivity contribution is 6.30. The molecule has 1 heterocycles. The van der Waals surface area contributed by atoms with Gasteiger partial charge in [0.05, 0.1) is 11.2 Å². The molecule has 7 nitrogen and oxygen atoms in total. The molecule has 0 aromatic carbocycles. The Morgan fingerprint density at radius 2 is 2.46 bits per heavy atom. The van der Waals surface area contributed by atoms with Crippen LogP contribution in [-0.4, -0.2) is 27.8 Å². The predicted octanol–water partition coefficient (Wildman–Crippen LogP) is 0.632. The number of aromatic nitrogens is 2. The third-order valence-electron chi connectivity index (χ3n) is 1.25. The van der Waals surface area contributed by atoms with Crippen LogP contribution in [0.5, 0.6) is 0 Å². The van der Waals surface area contributed by atoms with Crippen LogP contribution < -0.4 is 5.32 Å². The fourth-order valence-corrected chi connectivity index (χ4v) is 0.896. The van der Waals surface area contributed by atoms with E-state index >= 15 is 0 Å². The summed E-state index contributed by atoms with van der Waals surface area (Å²) in [5, 5.41) is 15.7. The van der Waals surface area contributed by atoms with Crippen LogP contribution in [0, 0.1) is 10.1 Å². The lowest BCUT2D eigenvalue weighted by molar-refractivity contribution is -0.389.